The number of carbonyl (C=O) groups excluding carboxylic acids is 1. The number of thioether (sulfide) groups is 1. The quantitative estimate of drug-likeness (QED) is 0.784. The zero-order valence-corrected chi connectivity index (χ0v) is 14.4. The number of carbonyl (C=O) groups is 1. The number of fused-ring (bicyclic) bond motifs is 1. The predicted molar refractivity (Wildman–Crippen MR) is 97.6 cm³/mol. The summed E-state index contributed by atoms with van der Waals surface area (Å²) in [7, 11) is 0. The van der Waals surface area contributed by atoms with Crippen molar-refractivity contribution in [2.24, 2.45) is 0 Å². The van der Waals surface area contributed by atoms with Crippen molar-refractivity contribution in [3.05, 3.63) is 77.6 Å². The van der Waals surface area contributed by atoms with Crippen molar-refractivity contribution in [3.63, 3.8) is 0 Å². The molecule has 0 saturated heterocycles. The van der Waals surface area contributed by atoms with E-state index < -0.39 is 0 Å². The van der Waals surface area contributed by atoms with E-state index in [2.05, 4.69) is 27.8 Å². The van der Waals surface area contributed by atoms with Crippen LogP contribution in [0.4, 0.5) is 0 Å². The van der Waals surface area contributed by atoms with Gasteiger partial charge in [0.25, 0.3) is 5.91 Å². The Morgan fingerprint density at radius 2 is 1.96 bits per heavy atom. The maximum Gasteiger partial charge on any atom is 0.273 e. The Bertz CT molecular complexity index is 878. The number of nitrogens with zero attached hydrogens (tertiary/aromatic N) is 3. The molecule has 1 amide bonds. The molecule has 1 unspecified atom stereocenters. The molecule has 1 aliphatic heterocycles. The second-order valence-corrected chi connectivity index (χ2v) is 7.12. The number of hydrogen-bond donors (Lipinski definition) is 1. The number of rotatable bonds is 4. The average Bonchev–Trinajstić information content (AvgIpc) is 3.11. The second kappa shape index (κ2) is 7.11. The Balaban J connectivity index is 1.46. The van der Waals surface area contributed by atoms with Crippen LogP contribution < -0.4 is 5.32 Å². The van der Waals surface area contributed by atoms with Crippen LogP contribution in [0.25, 0.3) is 0 Å². The first-order chi connectivity index (χ1) is 12.3. The van der Waals surface area contributed by atoms with Gasteiger partial charge in [0.05, 0.1) is 18.8 Å². The lowest BCUT2D eigenvalue weighted by atomic mass is 10.0. The smallest absolute Gasteiger partial charge is 0.273 e. The van der Waals surface area contributed by atoms with Gasteiger partial charge in [0.2, 0.25) is 0 Å². The molecule has 4 rings (SSSR count). The summed E-state index contributed by atoms with van der Waals surface area (Å²) in [5, 5.41) is 11.2. The Hall–Kier alpha value is -2.60. The third-order valence-electron chi connectivity index (χ3n) is 4.22. The Morgan fingerprint density at radius 3 is 2.84 bits per heavy atom. The van der Waals surface area contributed by atoms with Crippen LogP contribution in [0, 0.1) is 0 Å². The van der Waals surface area contributed by atoms with Gasteiger partial charge in [-0.1, -0.05) is 53.7 Å². The van der Waals surface area contributed by atoms with Gasteiger partial charge in [0.15, 0.2) is 5.69 Å². The van der Waals surface area contributed by atoms with Gasteiger partial charge in [-0.2, -0.15) is 0 Å². The van der Waals surface area contributed by atoms with E-state index in [9.17, 15) is 4.79 Å². The maximum absolute atomic E-state index is 12.6. The standard InChI is InChI=1S/C19H18N4OS/c24-19(20-16-10-11-25-18-9-5-4-8-15(16)18)17-13-23(22-21-17)12-14-6-2-1-3-7-14/h1-9,13,16H,10-12H2,(H,20,24). The highest BCUT2D eigenvalue weighted by Gasteiger charge is 2.23. The molecule has 126 valence electrons. The highest BCUT2D eigenvalue weighted by atomic mass is 32.2. The first kappa shape index (κ1) is 15.9. The molecule has 25 heavy (non-hydrogen) atoms. The van der Waals surface area contributed by atoms with Gasteiger partial charge < -0.3 is 5.32 Å². The predicted octanol–water partition coefficient (Wildman–Crippen LogP) is 3.29. The van der Waals surface area contributed by atoms with Crippen LogP contribution in [-0.2, 0) is 6.54 Å². The van der Waals surface area contributed by atoms with E-state index in [0.29, 0.717) is 12.2 Å². The molecule has 1 N–H and O–H groups in total. The lowest BCUT2D eigenvalue weighted by Gasteiger charge is -2.25. The lowest BCUT2D eigenvalue weighted by Crippen LogP contribution is -2.30. The Kier molecular flexibility index (Phi) is 4.52. The van der Waals surface area contributed by atoms with Crippen LogP contribution in [0.2, 0.25) is 0 Å². The molecule has 2 aromatic carbocycles. The molecule has 0 bridgehead atoms. The molecule has 0 radical (unpaired) electrons. The van der Waals surface area contributed by atoms with Crippen LogP contribution in [0.15, 0.2) is 65.7 Å². The molecule has 6 heteroatoms. The maximum atomic E-state index is 12.6. The average molecular weight is 350 g/mol. The fraction of sp³-hybridized carbons (Fsp3) is 0.211. The normalized spacial score (nSPS) is 16.2. The van der Waals surface area contributed by atoms with E-state index in [4.69, 9.17) is 0 Å². The largest absolute Gasteiger partial charge is 0.344 e. The first-order valence-corrected chi connectivity index (χ1v) is 9.25. The highest BCUT2D eigenvalue weighted by Crippen LogP contribution is 2.35. The van der Waals surface area contributed by atoms with Crippen molar-refractivity contribution in [2.75, 3.05) is 5.75 Å². The van der Waals surface area contributed by atoms with Gasteiger partial charge in [0.1, 0.15) is 0 Å². The summed E-state index contributed by atoms with van der Waals surface area (Å²) in [5.74, 6) is 0.828. The molecule has 0 aliphatic carbocycles. The van der Waals surface area contributed by atoms with Crippen molar-refractivity contribution in [1.82, 2.24) is 20.3 Å². The van der Waals surface area contributed by atoms with Crippen LogP contribution in [0.1, 0.15) is 34.1 Å². The SMILES string of the molecule is O=C(NC1CCSc2ccccc21)c1cn(Cc2ccccc2)nn1. The summed E-state index contributed by atoms with van der Waals surface area (Å²) < 4.78 is 1.69. The summed E-state index contributed by atoms with van der Waals surface area (Å²) in [5.41, 5.74) is 2.66. The number of benzene rings is 2. The zero-order valence-electron chi connectivity index (χ0n) is 13.6. The Labute approximate surface area is 150 Å². The van der Waals surface area contributed by atoms with Gasteiger partial charge in [-0.3, -0.25) is 4.79 Å². The van der Waals surface area contributed by atoms with E-state index in [-0.39, 0.29) is 11.9 Å². The summed E-state index contributed by atoms with van der Waals surface area (Å²) in [4.78, 5) is 13.8. The molecule has 0 spiro atoms. The molecule has 5 nitrogen and oxygen atoms in total. The van der Waals surface area contributed by atoms with Crippen molar-refractivity contribution in [2.45, 2.75) is 23.9 Å². The third kappa shape index (κ3) is 3.58. The Morgan fingerprint density at radius 1 is 1.16 bits per heavy atom. The van der Waals surface area contributed by atoms with Crippen molar-refractivity contribution < 1.29 is 4.79 Å². The van der Waals surface area contributed by atoms with Crippen LogP contribution in [-0.4, -0.2) is 26.7 Å². The minimum Gasteiger partial charge on any atom is -0.344 e. The van der Waals surface area contributed by atoms with Crippen LogP contribution in [0.3, 0.4) is 0 Å². The molecule has 2 heterocycles. The fourth-order valence-corrected chi connectivity index (χ4v) is 4.10. The minimum atomic E-state index is -0.175. The second-order valence-electron chi connectivity index (χ2n) is 5.99. The topological polar surface area (TPSA) is 59.8 Å². The van der Waals surface area contributed by atoms with E-state index in [0.717, 1.165) is 17.7 Å². The molecule has 1 aromatic heterocycles. The molecule has 1 aliphatic rings. The highest BCUT2D eigenvalue weighted by molar-refractivity contribution is 7.99. The summed E-state index contributed by atoms with van der Waals surface area (Å²) >= 11 is 1.84. The molecule has 0 saturated carbocycles. The molecule has 1 atom stereocenters. The number of aromatic nitrogens is 3. The summed E-state index contributed by atoms with van der Waals surface area (Å²) in [6.45, 7) is 0.601. The monoisotopic (exact) mass is 350 g/mol. The van der Waals surface area contributed by atoms with E-state index in [1.54, 1.807) is 10.9 Å². The number of nitrogens with one attached hydrogen (secondary N) is 1. The van der Waals surface area contributed by atoms with Gasteiger partial charge >= 0.3 is 0 Å². The zero-order chi connectivity index (χ0) is 17.1. The molecular formula is C19H18N4OS. The fourth-order valence-electron chi connectivity index (χ4n) is 2.97. The lowest BCUT2D eigenvalue weighted by molar-refractivity contribution is 0.0930. The molecule has 0 fully saturated rings. The summed E-state index contributed by atoms with van der Waals surface area (Å²) in [6.07, 6.45) is 2.62. The third-order valence-corrected chi connectivity index (χ3v) is 5.35. The van der Waals surface area contributed by atoms with Crippen molar-refractivity contribution in [3.8, 4) is 0 Å². The van der Waals surface area contributed by atoms with Gasteiger partial charge in [-0.15, -0.1) is 16.9 Å². The number of hydrogen-bond acceptors (Lipinski definition) is 4. The van der Waals surface area contributed by atoms with E-state index >= 15 is 0 Å². The first-order valence-electron chi connectivity index (χ1n) is 8.26. The van der Waals surface area contributed by atoms with E-state index in [1.165, 1.54) is 10.5 Å². The summed E-state index contributed by atoms with van der Waals surface area (Å²) in [6, 6.07) is 18.3. The minimum absolute atomic E-state index is 0.0317. The molecular weight excluding hydrogens is 332 g/mol. The molecule has 3 aromatic rings. The van der Waals surface area contributed by atoms with Crippen molar-refractivity contribution >= 4 is 17.7 Å². The van der Waals surface area contributed by atoms with Crippen LogP contribution >= 0.6 is 11.8 Å². The van der Waals surface area contributed by atoms with Crippen LogP contribution in [0.5, 0.6) is 0 Å². The van der Waals surface area contributed by atoms with Gasteiger partial charge in [0, 0.05) is 10.6 Å². The number of amides is 1. The van der Waals surface area contributed by atoms with Gasteiger partial charge in [-0.25, -0.2) is 4.68 Å². The van der Waals surface area contributed by atoms with Crippen molar-refractivity contribution in [1.29, 1.82) is 0 Å². The van der Waals surface area contributed by atoms with Gasteiger partial charge in [-0.05, 0) is 23.6 Å². The van der Waals surface area contributed by atoms with E-state index in [1.807, 2.05) is 54.2 Å².